The molecule has 2 aliphatic carbocycles. The number of aryl methyl sites for hydroxylation is 1. The number of carbonyl (C=O) groups excluding carboxylic acids is 1. The van der Waals surface area contributed by atoms with Crippen molar-refractivity contribution in [1.29, 1.82) is 0 Å². The number of aliphatic carboxylic acids is 1. The number of hydrogen-bond donors (Lipinski definition) is 1. The topological polar surface area (TPSA) is 83.0 Å². The van der Waals surface area contributed by atoms with Crippen molar-refractivity contribution < 1.29 is 19.4 Å². The predicted octanol–water partition coefficient (Wildman–Crippen LogP) is 6.27. The highest BCUT2D eigenvalue weighted by Crippen LogP contribution is 2.58. The highest BCUT2D eigenvalue weighted by molar-refractivity contribution is 5.97. The first kappa shape index (κ1) is 27.0. The maximum absolute atomic E-state index is 13.3. The van der Waals surface area contributed by atoms with E-state index >= 15 is 0 Å². The molecule has 0 radical (unpaired) electrons. The summed E-state index contributed by atoms with van der Waals surface area (Å²) in [6.07, 6.45) is 8.34. The summed E-state index contributed by atoms with van der Waals surface area (Å²) >= 11 is 0. The van der Waals surface area contributed by atoms with E-state index in [1.807, 2.05) is 36.4 Å². The van der Waals surface area contributed by atoms with Gasteiger partial charge < -0.3 is 19.6 Å². The number of ether oxygens (including phenoxy) is 1. The van der Waals surface area contributed by atoms with Crippen LogP contribution in [-0.4, -0.2) is 52.5 Å². The van der Waals surface area contributed by atoms with E-state index in [4.69, 9.17) is 9.72 Å². The molecule has 1 N–H and O–H groups in total. The first-order valence-electron chi connectivity index (χ1n) is 15.5. The Morgan fingerprint density at radius 1 is 1.05 bits per heavy atom. The molecule has 4 aliphatic rings. The van der Waals surface area contributed by atoms with Crippen LogP contribution in [0.25, 0.3) is 11.3 Å². The Balaban J connectivity index is 1.06. The minimum absolute atomic E-state index is 0.187. The molecule has 7 nitrogen and oxygen atoms in total. The van der Waals surface area contributed by atoms with Gasteiger partial charge in [0.1, 0.15) is 18.2 Å². The quantitative estimate of drug-likeness (QED) is 0.364. The summed E-state index contributed by atoms with van der Waals surface area (Å²) in [5, 5.41) is 9.64. The largest absolute Gasteiger partial charge is 0.488 e. The molecule has 0 spiro atoms. The summed E-state index contributed by atoms with van der Waals surface area (Å²) in [7, 11) is 0. The number of nitrogens with zero attached hydrogens (tertiary/aromatic N) is 3. The number of piperidine rings is 1. The van der Waals surface area contributed by atoms with Crippen LogP contribution in [0.2, 0.25) is 0 Å². The average molecular weight is 566 g/mol. The lowest BCUT2D eigenvalue weighted by molar-refractivity contribution is -0.144. The van der Waals surface area contributed by atoms with Gasteiger partial charge in [0.15, 0.2) is 0 Å². The molecule has 3 aromatic rings. The molecule has 7 heteroatoms. The summed E-state index contributed by atoms with van der Waals surface area (Å²) in [6, 6.07) is 18.8. The van der Waals surface area contributed by atoms with Crippen molar-refractivity contribution in [1.82, 2.24) is 9.88 Å². The normalized spacial score (nSPS) is 23.7. The molecule has 2 saturated carbocycles. The number of hydrogen-bond acceptors (Lipinski definition) is 5. The van der Waals surface area contributed by atoms with E-state index in [1.165, 1.54) is 19.3 Å². The highest BCUT2D eigenvalue weighted by atomic mass is 16.5. The van der Waals surface area contributed by atoms with Gasteiger partial charge in [0.05, 0.1) is 11.1 Å². The van der Waals surface area contributed by atoms with Gasteiger partial charge in [-0.25, -0.2) is 4.98 Å². The van der Waals surface area contributed by atoms with Crippen LogP contribution >= 0.6 is 0 Å². The molecule has 3 heterocycles. The van der Waals surface area contributed by atoms with Gasteiger partial charge in [-0.15, -0.1) is 0 Å². The monoisotopic (exact) mass is 565 g/mol. The Labute approximate surface area is 247 Å². The number of rotatable bonds is 7. The van der Waals surface area contributed by atoms with Crippen LogP contribution in [0.15, 0.2) is 54.6 Å². The lowest BCUT2D eigenvalue weighted by Gasteiger charge is -2.37. The van der Waals surface area contributed by atoms with Crippen molar-refractivity contribution in [3.8, 4) is 17.0 Å². The SMILES string of the molecule is Cc1ccc(OCc2ccc3c(c2)CCN(C2CCCCC2)C3=O)c(-c2cccc(N3CCC4(C(=O)O)CC4C3)n2)c1. The molecule has 0 bridgehead atoms. The molecule has 1 aromatic heterocycles. The molecule has 42 heavy (non-hydrogen) atoms. The third-order valence-corrected chi connectivity index (χ3v) is 10.1. The molecule has 2 unspecified atom stereocenters. The van der Waals surface area contributed by atoms with Crippen LogP contribution in [0.3, 0.4) is 0 Å². The zero-order valence-corrected chi connectivity index (χ0v) is 24.3. The Kier molecular flexibility index (Phi) is 6.91. The average Bonchev–Trinajstić information content (AvgIpc) is 3.77. The lowest BCUT2D eigenvalue weighted by Crippen LogP contribution is -2.45. The zero-order valence-electron chi connectivity index (χ0n) is 24.3. The van der Waals surface area contributed by atoms with Crippen molar-refractivity contribution in [2.45, 2.75) is 70.9 Å². The maximum atomic E-state index is 13.3. The third-order valence-electron chi connectivity index (χ3n) is 10.1. The molecule has 7 rings (SSSR count). The second kappa shape index (κ2) is 10.8. The molecule has 3 fully saturated rings. The van der Waals surface area contributed by atoms with Gasteiger partial charge in [-0.3, -0.25) is 9.59 Å². The molecule has 2 atom stereocenters. The fraction of sp³-hybridized carbons (Fsp3) is 0.457. The molecule has 2 aliphatic heterocycles. The molecule has 1 saturated heterocycles. The van der Waals surface area contributed by atoms with Gasteiger partial charge >= 0.3 is 5.97 Å². The summed E-state index contributed by atoms with van der Waals surface area (Å²) < 4.78 is 6.40. The molecular formula is C35H39N3O4. The van der Waals surface area contributed by atoms with E-state index in [9.17, 15) is 14.7 Å². The Morgan fingerprint density at radius 2 is 1.90 bits per heavy atom. The number of amides is 1. The van der Waals surface area contributed by atoms with Gasteiger partial charge in [-0.05, 0) is 86.4 Å². The van der Waals surface area contributed by atoms with Gasteiger partial charge in [0.2, 0.25) is 0 Å². The minimum Gasteiger partial charge on any atom is -0.488 e. The number of pyridine rings is 1. The zero-order chi connectivity index (χ0) is 28.8. The van der Waals surface area contributed by atoms with Crippen molar-refractivity contribution >= 4 is 17.7 Å². The maximum Gasteiger partial charge on any atom is 0.310 e. The van der Waals surface area contributed by atoms with Gasteiger partial charge in [-0.1, -0.05) is 49.1 Å². The second-order valence-electron chi connectivity index (χ2n) is 12.8. The van der Waals surface area contributed by atoms with Crippen molar-refractivity contribution in [2.24, 2.45) is 11.3 Å². The predicted molar refractivity (Wildman–Crippen MR) is 162 cm³/mol. The summed E-state index contributed by atoms with van der Waals surface area (Å²) in [5.74, 6) is 1.39. The van der Waals surface area contributed by atoms with Crippen LogP contribution in [0.1, 0.15) is 72.0 Å². The van der Waals surface area contributed by atoms with E-state index in [0.29, 0.717) is 25.6 Å². The standard InChI is InChI=1S/C35H39N3O4/c1-23-10-13-31(29(18-23)30-8-5-9-32(36-30)37-17-15-35(34(40)41)20-26(35)21-37)42-22-24-11-12-28-25(19-24)14-16-38(33(28)39)27-6-3-2-4-7-27/h5,8-13,18-19,26-27H,2-4,6-7,14-17,20-22H2,1H3,(H,40,41). The van der Waals surface area contributed by atoms with Crippen molar-refractivity contribution in [3.05, 3.63) is 76.9 Å². The van der Waals surface area contributed by atoms with Crippen LogP contribution in [-0.2, 0) is 17.8 Å². The number of fused-ring (bicyclic) bond motifs is 2. The molecule has 218 valence electrons. The number of carboxylic acids is 1. The van der Waals surface area contributed by atoms with E-state index in [1.54, 1.807) is 0 Å². The van der Waals surface area contributed by atoms with Gasteiger partial charge in [0.25, 0.3) is 5.91 Å². The fourth-order valence-electron chi connectivity index (χ4n) is 7.47. The Morgan fingerprint density at radius 3 is 2.71 bits per heavy atom. The van der Waals surface area contributed by atoms with E-state index in [2.05, 4.69) is 34.9 Å². The van der Waals surface area contributed by atoms with Crippen molar-refractivity contribution in [3.63, 3.8) is 0 Å². The van der Waals surface area contributed by atoms with E-state index in [-0.39, 0.29) is 11.8 Å². The smallest absolute Gasteiger partial charge is 0.310 e. The summed E-state index contributed by atoms with van der Waals surface area (Å²) in [6.45, 7) is 4.72. The second-order valence-corrected chi connectivity index (χ2v) is 12.8. The minimum atomic E-state index is -0.651. The summed E-state index contributed by atoms with van der Waals surface area (Å²) in [4.78, 5) is 34.4. The van der Waals surface area contributed by atoms with Crippen LogP contribution in [0.5, 0.6) is 5.75 Å². The van der Waals surface area contributed by atoms with E-state index < -0.39 is 11.4 Å². The van der Waals surface area contributed by atoms with Gasteiger partial charge in [-0.2, -0.15) is 0 Å². The number of carboxylic acid groups (broad SMARTS) is 1. The first-order chi connectivity index (χ1) is 20.4. The number of benzene rings is 2. The lowest BCUT2D eigenvalue weighted by atomic mass is 9.90. The molecule has 2 aromatic carbocycles. The third kappa shape index (κ3) is 4.93. The molecule has 1 amide bonds. The number of aromatic nitrogens is 1. The van der Waals surface area contributed by atoms with Gasteiger partial charge in [0, 0.05) is 36.8 Å². The van der Waals surface area contributed by atoms with E-state index in [0.717, 1.165) is 83.9 Å². The molecular weight excluding hydrogens is 526 g/mol. The first-order valence-corrected chi connectivity index (χ1v) is 15.5. The fourth-order valence-corrected chi connectivity index (χ4v) is 7.47. The van der Waals surface area contributed by atoms with Crippen LogP contribution < -0.4 is 9.64 Å². The Hall–Kier alpha value is -3.87. The number of anilines is 1. The van der Waals surface area contributed by atoms with Crippen LogP contribution in [0, 0.1) is 18.3 Å². The van der Waals surface area contributed by atoms with Crippen LogP contribution in [0.4, 0.5) is 5.82 Å². The Bertz CT molecular complexity index is 1530. The number of carbonyl (C=O) groups is 2. The van der Waals surface area contributed by atoms with Crippen molar-refractivity contribution in [2.75, 3.05) is 24.5 Å². The highest BCUT2D eigenvalue weighted by Gasteiger charge is 2.62. The summed E-state index contributed by atoms with van der Waals surface area (Å²) in [5.41, 5.74) is 5.42.